The van der Waals surface area contributed by atoms with E-state index in [0.29, 0.717) is 27.4 Å². The zero-order valence-electron chi connectivity index (χ0n) is 9.36. The summed E-state index contributed by atoms with van der Waals surface area (Å²) in [5, 5.41) is 10.3. The molecule has 2 rings (SSSR count). The van der Waals surface area contributed by atoms with Gasteiger partial charge in [-0.1, -0.05) is 45.7 Å². The minimum Gasteiger partial charge on any atom is -0.456 e. The molecule has 0 heterocycles. The van der Waals surface area contributed by atoms with E-state index in [9.17, 15) is 0 Å². The van der Waals surface area contributed by atoms with Crippen LogP contribution in [0.15, 0.2) is 42.5 Å². The summed E-state index contributed by atoms with van der Waals surface area (Å²) in [6.45, 7) is 0. The predicted octanol–water partition coefficient (Wildman–Crippen LogP) is 4.90. The fourth-order valence-electron chi connectivity index (χ4n) is 1.47. The fourth-order valence-corrected chi connectivity index (χ4v) is 2.36. The van der Waals surface area contributed by atoms with Gasteiger partial charge in [-0.05, 0) is 29.8 Å². The Hall–Kier alpha value is -1.50. The number of nitrogens with zero attached hydrogens (tertiary/aromatic N) is 1. The number of hydrogen-bond donors (Lipinski definition) is 0. The van der Waals surface area contributed by atoms with Crippen LogP contribution >= 0.6 is 27.5 Å². The minimum atomic E-state index is 0.498. The van der Waals surface area contributed by atoms with E-state index in [1.54, 1.807) is 24.3 Å². The van der Waals surface area contributed by atoms with E-state index in [1.807, 2.05) is 18.2 Å². The van der Waals surface area contributed by atoms with Crippen LogP contribution in [0.3, 0.4) is 0 Å². The van der Waals surface area contributed by atoms with Crippen molar-refractivity contribution in [1.82, 2.24) is 0 Å². The summed E-state index contributed by atoms with van der Waals surface area (Å²) in [5.74, 6) is 1.15. The van der Waals surface area contributed by atoms with Gasteiger partial charge in [0.1, 0.15) is 17.6 Å². The molecule has 0 saturated heterocycles. The fraction of sp³-hybridized carbons (Fsp3) is 0.0714. The second-order valence-electron chi connectivity index (χ2n) is 3.60. The molecule has 0 aliphatic rings. The van der Waals surface area contributed by atoms with E-state index in [4.69, 9.17) is 21.6 Å². The van der Waals surface area contributed by atoms with Crippen LogP contribution in [-0.2, 0) is 5.33 Å². The Labute approximate surface area is 119 Å². The van der Waals surface area contributed by atoms with Gasteiger partial charge in [0.05, 0.1) is 5.56 Å². The molecule has 0 atom stereocenters. The van der Waals surface area contributed by atoms with Gasteiger partial charge in [0.2, 0.25) is 0 Å². The summed E-state index contributed by atoms with van der Waals surface area (Å²) >= 11 is 9.45. The molecule has 0 radical (unpaired) electrons. The zero-order chi connectivity index (χ0) is 13.0. The van der Waals surface area contributed by atoms with Gasteiger partial charge in [0, 0.05) is 10.4 Å². The predicted molar refractivity (Wildman–Crippen MR) is 75.3 cm³/mol. The lowest BCUT2D eigenvalue weighted by Gasteiger charge is -2.08. The van der Waals surface area contributed by atoms with Crippen LogP contribution in [-0.4, -0.2) is 0 Å². The molecule has 2 nitrogen and oxygen atoms in total. The molecule has 0 aliphatic carbocycles. The number of alkyl halides is 1. The first-order chi connectivity index (χ1) is 8.74. The highest BCUT2D eigenvalue weighted by atomic mass is 79.9. The van der Waals surface area contributed by atoms with Crippen molar-refractivity contribution in [3.05, 3.63) is 58.6 Å². The summed E-state index contributed by atoms with van der Waals surface area (Å²) < 4.78 is 5.66. The standard InChI is InChI=1S/C14H9BrClNO/c15-8-10-5-6-12(7-13(10)16)18-14-4-2-1-3-11(14)9-17/h1-7H,8H2. The molecule has 0 bridgehead atoms. The third kappa shape index (κ3) is 2.84. The van der Waals surface area contributed by atoms with Gasteiger partial charge in [-0.25, -0.2) is 0 Å². The smallest absolute Gasteiger partial charge is 0.145 e. The molecule has 0 amide bonds. The summed E-state index contributed by atoms with van der Waals surface area (Å²) in [4.78, 5) is 0. The van der Waals surface area contributed by atoms with Gasteiger partial charge in [-0.2, -0.15) is 5.26 Å². The quantitative estimate of drug-likeness (QED) is 0.753. The Morgan fingerprint density at radius 1 is 1.22 bits per heavy atom. The molecule has 4 heteroatoms. The maximum Gasteiger partial charge on any atom is 0.145 e. The highest BCUT2D eigenvalue weighted by Crippen LogP contribution is 2.29. The second-order valence-corrected chi connectivity index (χ2v) is 4.56. The third-order valence-corrected chi connectivity index (χ3v) is 3.36. The monoisotopic (exact) mass is 321 g/mol. The molecule has 0 unspecified atom stereocenters. The van der Waals surface area contributed by atoms with Gasteiger partial charge in [0.15, 0.2) is 0 Å². The van der Waals surface area contributed by atoms with Gasteiger partial charge < -0.3 is 4.74 Å². The molecule has 2 aromatic carbocycles. The van der Waals surface area contributed by atoms with E-state index in [-0.39, 0.29) is 0 Å². The van der Waals surface area contributed by atoms with Crippen molar-refractivity contribution < 1.29 is 4.74 Å². The van der Waals surface area contributed by atoms with Gasteiger partial charge in [-0.15, -0.1) is 0 Å². The lowest BCUT2D eigenvalue weighted by Crippen LogP contribution is -1.89. The van der Waals surface area contributed by atoms with Crippen molar-refractivity contribution in [3.8, 4) is 17.6 Å². The van der Waals surface area contributed by atoms with Crippen molar-refractivity contribution in [1.29, 1.82) is 5.26 Å². The minimum absolute atomic E-state index is 0.498. The number of rotatable bonds is 3. The zero-order valence-corrected chi connectivity index (χ0v) is 11.7. The number of halogens is 2. The first-order valence-electron chi connectivity index (χ1n) is 5.26. The number of para-hydroxylation sites is 1. The van der Waals surface area contributed by atoms with Crippen LogP contribution in [0.2, 0.25) is 5.02 Å². The van der Waals surface area contributed by atoms with Crippen LogP contribution in [0.1, 0.15) is 11.1 Å². The summed E-state index contributed by atoms with van der Waals surface area (Å²) in [6.07, 6.45) is 0. The van der Waals surface area contributed by atoms with Crippen LogP contribution in [0, 0.1) is 11.3 Å². The summed E-state index contributed by atoms with van der Waals surface area (Å²) in [6, 6.07) is 14.6. The molecule has 90 valence electrons. The van der Waals surface area contributed by atoms with E-state index >= 15 is 0 Å². The lowest BCUT2D eigenvalue weighted by atomic mass is 10.2. The van der Waals surface area contributed by atoms with E-state index in [2.05, 4.69) is 22.0 Å². The number of benzene rings is 2. The highest BCUT2D eigenvalue weighted by molar-refractivity contribution is 9.08. The van der Waals surface area contributed by atoms with Gasteiger partial charge in [0.25, 0.3) is 0 Å². The molecule has 2 aromatic rings. The topological polar surface area (TPSA) is 33.0 Å². The molecular weight excluding hydrogens is 314 g/mol. The van der Waals surface area contributed by atoms with E-state index < -0.39 is 0 Å². The van der Waals surface area contributed by atoms with Crippen molar-refractivity contribution >= 4 is 27.5 Å². The first-order valence-corrected chi connectivity index (χ1v) is 6.76. The van der Waals surface area contributed by atoms with Gasteiger partial charge in [-0.3, -0.25) is 0 Å². The first kappa shape index (κ1) is 12.9. The molecule has 18 heavy (non-hydrogen) atoms. The lowest BCUT2D eigenvalue weighted by molar-refractivity contribution is 0.481. The Balaban J connectivity index is 2.29. The summed E-state index contributed by atoms with van der Waals surface area (Å²) in [5.41, 5.74) is 1.50. The van der Waals surface area contributed by atoms with Crippen LogP contribution < -0.4 is 4.74 Å². The van der Waals surface area contributed by atoms with Crippen LogP contribution in [0.4, 0.5) is 0 Å². The third-order valence-electron chi connectivity index (χ3n) is 2.40. The largest absolute Gasteiger partial charge is 0.456 e. The van der Waals surface area contributed by atoms with Crippen molar-refractivity contribution in [2.75, 3.05) is 0 Å². The molecule has 0 N–H and O–H groups in total. The molecule has 0 saturated carbocycles. The maximum absolute atomic E-state index is 8.97. The molecule has 0 aromatic heterocycles. The Morgan fingerprint density at radius 3 is 2.67 bits per heavy atom. The second kappa shape index (κ2) is 5.90. The molecule has 0 spiro atoms. The molecular formula is C14H9BrClNO. The summed E-state index contributed by atoms with van der Waals surface area (Å²) in [7, 11) is 0. The number of hydrogen-bond acceptors (Lipinski definition) is 2. The number of nitriles is 1. The van der Waals surface area contributed by atoms with Gasteiger partial charge >= 0.3 is 0 Å². The van der Waals surface area contributed by atoms with E-state index in [1.165, 1.54) is 0 Å². The Bertz CT molecular complexity index is 607. The van der Waals surface area contributed by atoms with Crippen molar-refractivity contribution in [2.24, 2.45) is 0 Å². The molecule has 0 fully saturated rings. The van der Waals surface area contributed by atoms with Crippen LogP contribution in [0.25, 0.3) is 0 Å². The Morgan fingerprint density at radius 2 is 2.00 bits per heavy atom. The number of ether oxygens (including phenoxy) is 1. The van der Waals surface area contributed by atoms with Crippen LogP contribution in [0.5, 0.6) is 11.5 Å². The van der Waals surface area contributed by atoms with E-state index in [0.717, 1.165) is 5.56 Å². The van der Waals surface area contributed by atoms with Crippen molar-refractivity contribution in [3.63, 3.8) is 0 Å². The highest BCUT2D eigenvalue weighted by Gasteiger charge is 2.05. The van der Waals surface area contributed by atoms with Crippen molar-refractivity contribution in [2.45, 2.75) is 5.33 Å². The SMILES string of the molecule is N#Cc1ccccc1Oc1ccc(CBr)c(Cl)c1. The average molecular weight is 323 g/mol. The maximum atomic E-state index is 8.97. The average Bonchev–Trinajstić information content (AvgIpc) is 2.39. The normalized spacial score (nSPS) is 9.83. The molecule has 0 aliphatic heterocycles. The Kier molecular flexibility index (Phi) is 4.24.